The van der Waals surface area contributed by atoms with E-state index < -0.39 is 4.92 Å². The molecule has 0 amide bonds. The first-order valence-corrected chi connectivity index (χ1v) is 45.9. The smallest absolute Gasteiger partial charge is 0.270 e. The summed E-state index contributed by atoms with van der Waals surface area (Å²) in [6, 6.07) is 102. The molecule has 648 valence electrons. The topological polar surface area (TPSA) is 297 Å². The lowest BCUT2D eigenvalue weighted by Crippen LogP contribution is -2.15. The zero-order valence-electron chi connectivity index (χ0n) is 72.8. The largest absolute Gasteiger partial charge is 0.382 e. The summed E-state index contributed by atoms with van der Waals surface area (Å²) >= 11 is 4.52. The van der Waals surface area contributed by atoms with Crippen LogP contribution in [0.2, 0.25) is 0 Å². The second-order valence-electron chi connectivity index (χ2n) is 31.7. The highest BCUT2D eigenvalue weighted by atomic mass is 32.1. The fourth-order valence-corrected chi connectivity index (χ4v) is 17.7. The maximum atomic E-state index is 11.2. The van der Waals surface area contributed by atoms with Crippen LogP contribution in [-0.2, 0) is 0 Å². The summed E-state index contributed by atoms with van der Waals surface area (Å²) in [6.45, 7) is 14.9. The lowest BCUT2D eigenvalue weighted by Gasteiger charge is -2.15. The molecule has 0 aliphatic carbocycles. The molecule has 1 N–H and O–H groups in total. The number of nitro benzene ring substituents is 1. The quantitative estimate of drug-likeness (QED) is 0.0348. The summed E-state index contributed by atoms with van der Waals surface area (Å²) in [5.41, 5.74) is 16.3. The molecule has 25 nitrogen and oxygen atoms in total. The van der Waals surface area contributed by atoms with Crippen molar-refractivity contribution in [3.8, 4) is 0 Å². The zero-order chi connectivity index (χ0) is 90.1. The molecule has 132 heavy (non-hydrogen) atoms. The highest BCUT2D eigenvalue weighted by Crippen LogP contribution is 2.45. The van der Waals surface area contributed by atoms with Crippen LogP contribution >= 0.6 is 34.2 Å². The molecular formula is C104H87N23O2S3. The number of aryl methyl sites for hydroxylation is 3. The van der Waals surface area contributed by atoms with E-state index in [1.807, 2.05) is 275 Å². The van der Waals surface area contributed by atoms with E-state index in [9.17, 15) is 10.1 Å². The number of hydrogen-bond donors (Lipinski definition) is 1. The number of azo groups is 9. The van der Waals surface area contributed by atoms with Gasteiger partial charge < -0.3 is 15.1 Å². The third-order valence-corrected chi connectivity index (χ3v) is 25.4. The maximum Gasteiger partial charge on any atom is 0.270 e. The molecule has 1 atom stereocenters. The van der Waals surface area contributed by atoms with Gasteiger partial charge in [-0.25, -0.2) is 0 Å². The summed E-state index contributed by atoms with van der Waals surface area (Å²) in [5, 5.41) is 112. The molecule has 2 aliphatic rings. The van der Waals surface area contributed by atoms with Crippen LogP contribution in [0.4, 0.5) is 122 Å². The third-order valence-electron chi connectivity index (χ3n) is 22.6. The highest BCUT2D eigenvalue weighted by molar-refractivity contribution is 7.20. The van der Waals surface area contributed by atoms with Gasteiger partial charge in [0.05, 0.1) is 106 Å². The molecule has 2 saturated heterocycles. The van der Waals surface area contributed by atoms with Gasteiger partial charge in [0.1, 0.15) is 10.0 Å². The van der Waals surface area contributed by atoms with Crippen molar-refractivity contribution in [1.82, 2.24) is 4.37 Å². The van der Waals surface area contributed by atoms with Gasteiger partial charge in [-0.15, -0.1) is 66.5 Å². The average molecular weight is 1790 g/mol. The van der Waals surface area contributed by atoms with Crippen molar-refractivity contribution in [3.05, 3.63) is 342 Å². The highest BCUT2D eigenvalue weighted by Gasteiger charge is 2.20. The van der Waals surface area contributed by atoms with E-state index in [-0.39, 0.29) is 5.69 Å². The predicted octanol–water partition coefficient (Wildman–Crippen LogP) is 36.5. The van der Waals surface area contributed by atoms with Crippen LogP contribution in [0.3, 0.4) is 0 Å². The zero-order valence-corrected chi connectivity index (χ0v) is 75.3. The fraction of sp³-hybridized carbons (Fsp3) is 0.144. The monoisotopic (exact) mass is 1790 g/mol. The van der Waals surface area contributed by atoms with Crippen molar-refractivity contribution in [1.29, 1.82) is 0 Å². The average Bonchev–Trinajstić information content (AvgIpc) is 1.11. The second kappa shape index (κ2) is 41.0. The lowest BCUT2D eigenvalue weighted by molar-refractivity contribution is -0.384. The minimum atomic E-state index is -0.438. The number of aromatic nitrogens is 1. The molecule has 5 heterocycles. The van der Waals surface area contributed by atoms with Gasteiger partial charge in [0.15, 0.2) is 5.00 Å². The summed E-state index contributed by atoms with van der Waals surface area (Å²) in [5.74, 6) is 0. The van der Waals surface area contributed by atoms with Gasteiger partial charge in [0, 0.05) is 109 Å². The van der Waals surface area contributed by atoms with Crippen molar-refractivity contribution in [2.24, 2.45) is 92.1 Å². The Hall–Kier alpha value is -15.9. The molecule has 18 aromatic rings. The molecule has 2 aliphatic heterocycles. The normalized spacial score (nSPS) is 13.5. The van der Waals surface area contributed by atoms with E-state index in [0.29, 0.717) is 39.0 Å². The summed E-state index contributed by atoms with van der Waals surface area (Å²) in [4.78, 5) is 15.6. The fourth-order valence-electron chi connectivity index (χ4n) is 15.3. The third kappa shape index (κ3) is 20.9. The SMILES string of the molecule is CCC(C)Nc1ccc(N=Nc2ccc(N=Nc3ccc(N=Nc4snc5ccc([N+](=O)[O-])cc45)c(C)c3)c3ccccc23)c2ccccc12.Cc1ccc(N=Nc2ccc(N=Nc3ccc(N=Nc4ccc(N5CCCC5)s4)c4ccccc34)c3ccccc23)cc1.Cc1ccc(N=Nc2ccc(N=Nc3ccc(N=Nc4ccc(N5CCCC5)s4)c4ccccc34)cc2)cc1. The van der Waals surface area contributed by atoms with Gasteiger partial charge in [-0.2, -0.15) is 29.9 Å². The molecule has 0 radical (unpaired) electrons. The van der Waals surface area contributed by atoms with E-state index in [2.05, 4.69) is 164 Å². The minimum absolute atomic E-state index is 0.0170. The Labute approximate surface area is 773 Å². The minimum Gasteiger partial charge on any atom is -0.382 e. The molecule has 2 fully saturated rings. The van der Waals surface area contributed by atoms with Gasteiger partial charge in [0.2, 0.25) is 0 Å². The molecule has 3 aromatic heterocycles. The van der Waals surface area contributed by atoms with Crippen molar-refractivity contribution < 1.29 is 4.92 Å². The molecule has 0 bridgehead atoms. The maximum absolute atomic E-state index is 11.2. The van der Waals surface area contributed by atoms with Crippen LogP contribution in [0.15, 0.2) is 408 Å². The van der Waals surface area contributed by atoms with E-state index in [4.69, 9.17) is 5.11 Å². The van der Waals surface area contributed by atoms with Crippen LogP contribution in [0, 0.1) is 30.9 Å². The molecular weight excluding hydrogens is 1700 g/mol. The van der Waals surface area contributed by atoms with E-state index in [1.54, 1.807) is 28.7 Å². The van der Waals surface area contributed by atoms with Crippen LogP contribution in [-0.4, -0.2) is 41.5 Å². The molecule has 15 aromatic carbocycles. The number of nitrogens with one attached hydrogen (secondary N) is 1. The van der Waals surface area contributed by atoms with Crippen molar-refractivity contribution in [2.75, 3.05) is 41.3 Å². The number of benzene rings is 15. The van der Waals surface area contributed by atoms with Crippen LogP contribution in [0.5, 0.6) is 0 Å². The Morgan fingerprint density at radius 3 is 1.02 bits per heavy atom. The number of hydrogen-bond acceptors (Lipinski definition) is 27. The van der Waals surface area contributed by atoms with Crippen molar-refractivity contribution in [2.45, 2.75) is 72.8 Å². The number of nitro groups is 1. The van der Waals surface area contributed by atoms with E-state index >= 15 is 0 Å². The number of rotatable bonds is 24. The van der Waals surface area contributed by atoms with Gasteiger partial charge in [-0.05, 0) is 235 Å². The Morgan fingerprint density at radius 2 is 0.644 bits per heavy atom. The summed E-state index contributed by atoms with van der Waals surface area (Å²) < 4.78 is 4.32. The van der Waals surface area contributed by atoms with Gasteiger partial charge >= 0.3 is 0 Å². The second-order valence-corrected chi connectivity index (χ2v) is 34.6. The van der Waals surface area contributed by atoms with Crippen LogP contribution < -0.4 is 15.1 Å². The van der Waals surface area contributed by atoms with E-state index in [0.717, 1.165) is 187 Å². The molecule has 1 unspecified atom stereocenters. The van der Waals surface area contributed by atoms with Crippen LogP contribution in [0.25, 0.3) is 64.8 Å². The standard InChI is InChI=1S/C38H31N9O2S.C35H29N7S.C31H27N7S/c1-4-24(3)39-33-17-18-35(28-10-6-5-9-27(28)33)43-44-36-20-19-34(29-11-7-8-12-30(29)36)42-40-25-13-15-32(23(2)21-25)41-45-38-31-22-26(47(48)49)14-16-37(31)46-50-38;1-24-12-14-25(15-13-24)36-37-30-16-17-31(27-9-3-2-8-26(27)30)38-39-32-18-19-33(29-11-5-4-10-28(29)32)40-41-34-20-21-35(43-34)42-22-6-7-23-42;1-22-8-10-23(11-9-22)32-33-24-12-14-25(15-13-24)34-35-28-16-17-29(27-7-3-2-6-26(27)28)36-37-30-18-19-31(39-30)38-20-4-5-21-38/h5-22,24,39H,4H2,1-3H3;2-5,8-21H,6-7,22-23H2,1H3;2-3,6-19H,4-5,20-21H2,1H3. The molecule has 0 saturated carbocycles. The Kier molecular flexibility index (Phi) is 27.0. The lowest BCUT2D eigenvalue weighted by atomic mass is 10.1. The van der Waals surface area contributed by atoms with Crippen LogP contribution in [0.1, 0.15) is 62.6 Å². The Bertz CT molecular complexity index is 7560. The van der Waals surface area contributed by atoms with Gasteiger partial charge in [-0.3, -0.25) is 10.1 Å². The number of non-ortho nitro benzene ring substituents is 1. The number of anilines is 3. The first kappa shape index (κ1) is 86.8. The molecule has 0 spiro atoms. The number of thiophene rings is 2. The van der Waals surface area contributed by atoms with Gasteiger partial charge in [-0.1, -0.05) is 186 Å². The Balaban J connectivity index is 0.000000134. The predicted molar refractivity (Wildman–Crippen MR) is 538 cm³/mol. The number of nitrogens with zero attached hydrogens (tertiary/aromatic N) is 22. The first-order valence-electron chi connectivity index (χ1n) is 43.5. The first-order chi connectivity index (χ1) is 64.8. The van der Waals surface area contributed by atoms with Gasteiger partial charge in [0.25, 0.3) is 5.69 Å². The van der Waals surface area contributed by atoms with E-state index in [1.165, 1.54) is 58.9 Å². The van der Waals surface area contributed by atoms with Crippen molar-refractivity contribution >= 4 is 221 Å². The number of fused-ring (bicyclic) bond motifs is 6. The molecule has 20 rings (SSSR count). The summed E-state index contributed by atoms with van der Waals surface area (Å²) in [6.07, 6.45) is 6.06. The van der Waals surface area contributed by atoms with Crippen molar-refractivity contribution in [3.63, 3.8) is 0 Å². The molecule has 28 heteroatoms. The Morgan fingerprint density at radius 1 is 0.333 bits per heavy atom. The summed E-state index contributed by atoms with van der Waals surface area (Å²) in [7, 11) is 0.